The number of phenols is 1. The van der Waals surface area contributed by atoms with Crippen molar-refractivity contribution >= 4 is 23.6 Å². The molecule has 1 aliphatic carbocycles. The summed E-state index contributed by atoms with van der Waals surface area (Å²) in [4.78, 5) is 58.8. The van der Waals surface area contributed by atoms with Gasteiger partial charge in [-0.2, -0.15) is 0 Å². The highest BCUT2D eigenvalue weighted by atomic mass is 16.6. The van der Waals surface area contributed by atoms with E-state index >= 15 is 0 Å². The molecule has 2 aliphatic rings. The first-order valence-electron chi connectivity index (χ1n) is 14.7. The molecule has 3 atom stereocenters. The van der Waals surface area contributed by atoms with Gasteiger partial charge in [-0.25, -0.2) is 5.48 Å². The molecule has 0 spiro atoms. The van der Waals surface area contributed by atoms with Gasteiger partial charge in [-0.05, 0) is 47.9 Å². The summed E-state index contributed by atoms with van der Waals surface area (Å²) >= 11 is 0. The van der Waals surface area contributed by atoms with Gasteiger partial charge in [-0.3, -0.25) is 28.9 Å². The highest BCUT2D eigenvalue weighted by Gasteiger charge is 2.45. The predicted octanol–water partition coefficient (Wildman–Crippen LogP) is 4.35. The molecule has 1 aliphatic heterocycles. The number of aromatic hydroxyl groups is 1. The fourth-order valence-corrected chi connectivity index (χ4v) is 5.90. The van der Waals surface area contributed by atoms with Gasteiger partial charge in [0, 0.05) is 25.3 Å². The zero-order valence-corrected chi connectivity index (χ0v) is 23.7. The molecule has 9 heteroatoms. The number of carbonyl (C=O) groups excluding carboxylic acids is 4. The number of phenolic OH excluding ortho intramolecular Hbond substituents is 1. The Morgan fingerprint density at radius 1 is 1.00 bits per heavy atom. The summed E-state index contributed by atoms with van der Waals surface area (Å²) in [5.74, 6) is -1.45. The van der Waals surface area contributed by atoms with Crippen LogP contribution < -0.4 is 10.8 Å². The molecule has 1 unspecified atom stereocenters. The molecule has 41 heavy (non-hydrogen) atoms. The van der Waals surface area contributed by atoms with Crippen LogP contribution >= 0.6 is 0 Å². The minimum absolute atomic E-state index is 0.00513. The first kappa shape index (κ1) is 30.2. The molecule has 3 N–H and O–H groups in total. The average molecular weight is 564 g/mol. The van der Waals surface area contributed by atoms with Crippen molar-refractivity contribution in [2.75, 3.05) is 6.54 Å². The first-order chi connectivity index (χ1) is 19.8. The average Bonchev–Trinajstić information content (AvgIpc) is 3.24. The van der Waals surface area contributed by atoms with E-state index in [0.29, 0.717) is 12.8 Å². The molecule has 2 aromatic rings. The minimum Gasteiger partial charge on any atom is -0.508 e. The molecule has 0 radical (unpaired) electrons. The maximum atomic E-state index is 13.5. The van der Waals surface area contributed by atoms with E-state index in [0.717, 1.165) is 43.2 Å². The topological polar surface area (TPSA) is 125 Å². The Morgan fingerprint density at radius 3 is 2.41 bits per heavy atom. The van der Waals surface area contributed by atoms with Crippen LogP contribution in [0, 0.1) is 11.8 Å². The van der Waals surface area contributed by atoms with E-state index in [1.54, 1.807) is 12.1 Å². The Balaban J connectivity index is 1.34. The zero-order valence-electron chi connectivity index (χ0n) is 23.7. The van der Waals surface area contributed by atoms with Crippen LogP contribution in [-0.4, -0.2) is 46.2 Å². The lowest BCUT2D eigenvalue weighted by Gasteiger charge is -2.31. The number of likely N-dealkylation sites (tertiary alicyclic amines) is 1. The van der Waals surface area contributed by atoms with Crippen LogP contribution in [0.25, 0.3) is 0 Å². The standard InChI is InChI=1S/C32H41N3O6/c1-22(25-12-14-27(36)15-13-25)18-26-20-30(38)35(32(26)40)28(19-23-8-4-2-5-9-23)31(39)33-17-16-29(37)34-41-21-24-10-6-3-7-11-24/h3,6-7,10-15,22-23,26,28,36H,2,4-5,8-9,16-21H2,1H3,(H,33,39)(H,34,37)/t22?,26-,28+/m1/s1. The Labute approximate surface area is 241 Å². The third-order valence-electron chi connectivity index (χ3n) is 8.19. The van der Waals surface area contributed by atoms with Crippen molar-refractivity contribution in [2.24, 2.45) is 11.8 Å². The molecular weight excluding hydrogens is 522 g/mol. The summed E-state index contributed by atoms with van der Waals surface area (Å²) in [6.07, 6.45) is 6.27. The number of imide groups is 1. The Hall–Kier alpha value is -3.72. The zero-order chi connectivity index (χ0) is 29.2. The molecule has 2 aromatic carbocycles. The monoisotopic (exact) mass is 563 g/mol. The minimum atomic E-state index is -0.885. The fourth-order valence-electron chi connectivity index (χ4n) is 5.90. The SMILES string of the molecule is CC(C[C@@H]1CC(=O)N([C@@H](CC2CCCCC2)C(=O)NCCC(=O)NOCc2ccccc2)C1=O)c1ccc(O)cc1. The molecule has 4 amide bonds. The Bertz CT molecular complexity index is 1180. The summed E-state index contributed by atoms with van der Waals surface area (Å²) in [7, 11) is 0. The molecular formula is C32H41N3O6. The van der Waals surface area contributed by atoms with E-state index in [-0.39, 0.29) is 61.3 Å². The maximum absolute atomic E-state index is 13.5. The number of amides is 4. The number of rotatable bonds is 13. The fraction of sp³-hybridized carbons (Fsp3) is 0.500. The van der Waals surface area contributed by atoms with Gasteiger partial charge in [0.2, 0.25) is 23.6 Å². The molecule has 220 valence electrons. The van der Waals surface area contributed by atoms with Crippen molar-refractivity contribution in [2.45, 2.75) is 83.3 Å². The maximum Gasteiger partial charge on any atom is 0.245 e. The van der Waals surface area contributed by atoms with Gasteiger partial charge in [-0.1, -0.05) is 81.5 Å². The van der Waals surface area contributed by atoms with Crippen LogP contribution in [0.15, 0.2) is 54.6 Å². The second kappa shape index (κ2) is 14.8. The summed E-state index contributed by atoms with van der Waals surface area (Å²) in [5.41, 5.74) is 4.28. The smallest absolute Gasteiger partial charge is 0.245 e. The van der Waals surface area contributed by atoms with Gasteiger partial charge in [0.25, 0.3) is 0 Å². The van der Waals surface area contributed by atoms with E-state index in [4.69, 9.17) is 4.84 Å². The van der Waals surface area contributed by atoms with Crippen molar-refractivity contribution in [3.8, 4) is 5.75 Å². The number of hydroxylamine groups is 1. The summed E-state index contributed by atoms with van der Waals surface area (Å²) in [6, 6.07) is 15.4. The van der Waals surface area contributed by atoms with E-state index in [1.165, 1.54) is 4.90 Å². The molecule has 0 aromatic heterocycles. The number of carbonyl (C=O) groups is 4. The van der Waals surface area contributed by atoms with Gasteiger partial charge >= 0.3 is 0 Å². The Kier molecular flexibility index (Phi) is 10.9. The normalized spacial score (nSPS) is 19.1. The summed E-state index contributed by atoms with van der Waals surface area (Å²) in [6.45, 7) is 2.29. The van der Waals surface area contributed by atoms with E-state index in [2.05, 4.69) is 10.8 Å². The van der Waals surface area contributed by atoms with E-state index < -0.39 is 17.9 Å². The van der Waals surface area contributed by atoms with Crippen molar-refractivity contribution in [1.29, 1.82) is 0 Å². The summed E-state index contributed by atoms with van der Waals surface area (Å²) in [5, 5.41) is 12.4. The molecule has 1 saturated carbocycles. The molecule has 1 saturated heterocycles. The van der Waals surface area contributed by atoms with Crippen molar-refractivity contribution < 1.29 is 29.1 Å². The Morgan fingerprint density at radius 2 is 1.71 bits per heavy atom. The van der Waals surface area contributed by atoms with Gasteiger partial charge in [-0.15, -0.1) is 0 Å². The van der Waals surface area contributed by atoms with Crippen molar-refractivity contribution in [3.05, 3.63) is 65.7 Å². The predicted molar refractivity (Wildman–Crippen MR) is 153 cm³/mol. The third-order valence-corrected chi connectivity index (χ3v) is 8.19. The molecule has 2 fully saturated rings. The number of benzene rings is 2. The second-order valence-electron chi connectivity index (χ2n) is 11.3. The number of nitrogens with zero attached hydrogens (tertiary/aromatic N) is 1. The first-order valence-corrected chi connectivity index (χ1v) is 14.7. The molecule has 1 heterocycles. The van der Waals surface area contributed by atoms with E-state index in [1.807, 2.05) is 49.4 Å². The molecule has 9 nitrogen and oxygen atoms in total. The highest BCUT2D eigenvalue weighted by molar-refractivity contribution is 6.07. The lowest BCUT2D eigenvalue weighted by Crippen LogP contribution is -2.51. The van der Waals surface area contributed by atoms with Gasteiger partial charge < -0.3 is 10.4 Å². The third kappa shape index (κ3) is 8.63. The highest BCUT2D eigenvalue weighted by Crippen LogP contribution is 2.35. The quantitative estimate of drug-likeness (QED) is 0.246. The van der Waals surface area contributed by atoms with Gasteiger partial charge in [0.15, 0.2) is 0 Å². The number of nitrogens with one attached hydrogen (secondary N) is 2. The van der Waals surface area contributed by atoms with Crippen LogP contribution in [0.4, 0.5) is 0 Å². The lowest BCUT2D eigenvalue weighted by molar-refractivity contribution is -0.148. The molecule has 4 rings (SSSR count). The lowest BCUT2D eigenvalue weighted by atomic mass is 9.84. The summed E-state index contributed by atoms with van der Waals surface area (Å²) < 4.78 is 0. The van der Waals surface area contributed by atoms with Crippen molar-refractivity contribution in [3.63, 3.8) is 0 Å². The molecule has 0 bridgehead atoms. The van der Waals surface area contributed by atoms with Crippen LogP contribution in [0.2, 0.25) is 0 Å². The number of hydrogen-bond donors (Lipinski definition) is 3. The van der Waals surface area contributed by atoms with Gasteiger partial charge in [0.1, 0.15) is 11.8 Å². The largest absolute Gasteiger partial charge is 0.508 e. The van der Waals surface area contributed by atoms with Crippen LogP contribution in [0.1, 0.15) is 81.8 Å². The number of hydrogen-bond acceptors (Lipinski definition) is 6. The van der Waals surface area contributed by atoms with Crippen LogP contribution in [0.5, 0.6) is 5.75 Å². The van der Waals surface area contributed by atoms with E-state index in [9.17, 15) is 24.3 Å². The second-order valence-corrected chi connectivity index (χ2v) is 11.3. The van der Waals surface area contributed by atoms with Crippen molar-refractivity contribution in [1.82, 2.24) is 15.7 Å². The van der Waals surface area contributed by atoms with Crippen LogP contribution in [0.3, 0.4) is 0 Å². The van der Waals surface area contributed by atoms with Crippen LogP contribution in [-0.2, 0) is 30.6 Å². The van der Waals surface area contributed by atoms with Gasteiger partial charge in [0.05, 0.1) is 6.61 Å².